The van der Waals surface area contributed by atoms with Crippen LogP contribution < -0.4 is 69.2 Å². The van der Waals surface area contributed by atoms with Crippen molar-refractivity contribution < 1.29 is 110 Å². The lowest BCUT2D eigenvalue weighted by atomic mass is 10.1. The van der Waals surface area contributed by atoms with Crippen LogP contribution in [0, 0.1) is 0 Å². The first kappa shape index (κ1) is 113. The smallest absolute Gasteiger partial charge is 0.469 e. The Kier molecular flexibility index (Phi) is 88.5. The SMILES string of the molecule is C1CN=C2NCCCN2C1.COC(=O)CCCCCNC(=O)NCCCCCC(=O)CCCCCNC(=O)OC.COC(=O)CCCCCNC(=O)NCCCCCC(=O)OC.COC(=O)CCCCCNC(=O)OC.COC(=O)NCCCCN.COC(=O)OC.NCCCCN.O=C(Oc1ccccc1)Oc1ccccc1.[2H]PC. The summed E-state index contributed by atoms with van der Waals surface area (Å²) < 4.78 is 55.6. The summed E-state index contributed by atoms with van der Waals surface area (Å²) >= 11 is 0. The summed E-state index contributed by atoms with van der Waals surface area (Å²) in [6, 6.07) is 17.2. The standard InChI is InChI=1S/C21H39N3O6.C15H28N2O5.C13H10O3.C9H17NO4.C7H13N3.C6H14N2O2.C4H12N2.C3H6O3.CH5P/c1-29-19(26)14-8-5-10-16-23-20(27)22-15-9-3-6-12-18(25)13-7-4-11-17-24-21(28)30-2;1-21-13(18)9-5-3-7-11-16-15(20)17-12-8-4-6-10-14(19)22-2;14-13(15-11-7-3-1-4-8-11)16-12-9-5-2-6-10-12;1-13-8(11)6-4-3-5-7-10-9(12)14-2;1-3-8-7-9-4-2-6-10(7)5-1;1-10-6(9)8-5-3-2-4-7;5-3-1-2-4-6;1-5-3(4)6-2;1-2/h3-17H2,1-2H3,(H,24,28)(H2,22,23,27);3-12H2,1-2H3,(H2,16,17,20);1-10H;3-7H2,1-2H3,(H,10,12);1-6H2,(H,8,9);2-5,7H2,1H3,(H,8,9);1-6H2;1-2H3;2H2,1H3/i;;;;;;;;2D. The number of ketones is 1. The number of urea groups is 2. The first-order valence-corrected chi connectivity index (χ1v) is 40.7. The number of ether oxygens (including phenoxy) is 11. The molecule has 2 aliphatic heterocycles. The number of esters is 4. The van der Waals surface area contributed by atoms with Crippen LogP contribution in [0.15, 0.2) is 65.7 Å². The third kappa shape index (κ3) is 86.9. The molecule has 0 spiro atoms. The zero-order valence-corrected chi connectivity index (χ0v) is 71.9. The number of nitrogens with zero attached hydrogens (tertiary/aromatic N) is 2. The van der Waals surface area contributed by atoms with Gasteiger partial charge in [-0.25, -0.2) is 33.6 Å². The summed E-state index contributed by atoms with van der Waals surface area (Å²) in [5.41, 5.74) is 15.6. The van der Waals surface area contributed by atoms with Crippen molar-refractivity contribution in [3.8, 4) is 11.5 Å². The van der Waals surface area contributed by atoms with E-state index in [9.17, 15) is 57.5 Å². The van der Waals surface area contributed by atoms with E-state index in [2.05, 4.69) is 95.1 Å². The minimum absolute atomic E-state index is 0.180. The minimum Gasteiger partial charge on any atom is -0.469 e. The van der Waals surface area contributed by atoms with E-state index < -0.39 is 24.5 Å². The fraction of sp³-hybridized carbons (Fsp3) is 0.684. The Morgan fingerprint density at radius 1 is 0.379 bits per heavy atom. The molecule has 0 radical (unpaired) electrons. The summed E-state index contributed by atoms with van der Waals surface area (Å²) in [5.74, 6) is 1.55. The highest BCUT2D eigenvalue weighted by Gasteiger charge is 2.18. The van der Waals surface area contributed by atoms with Crippen LogP contribution in [0.3, 0.4) is 0 Å². The van der Waals surface area contributed by atoms with E-state index >= 15 is 0 Å². The second-order valence-electron chi connectivity index (χ2n) is 24.7. The van der Waals surface area contributed by atoms with Gasteiger partial charge in [-0.05, 0) is 159 Å². The maximum absolute atomic E-state index is 11.8. The summed E-state index contributed by atoms with van der Waals surface area (Å²) in [5, 5.41) is 22.1. The van der Waals surface area contributed by atoms with Crippen molar-refractivity contribution in [2.75, 3.05) is 162 Å². The van der Waals surface area contributed by atoms with Crippen LogP contribution >= 0.6 is 9.18 Å². The molecular weight excluding hydrogens is 1530 g/mol. The number of benzene rings is 2. The van der Waals surface area contributed by atoms with Gasteiger partial charge in [-0.2, -0.15) is 0 Å². The van der Waals surface area contributed by atoms with Gasteiger partial charge in [0.15, 0.2) is 5.96 Å². The summed E-state index contributed by atoms with van der Waals surface area (Å²) in [6.07, 6.45) is 21.8. The molecule has 2 heterocycles. The molecule has 2 aromatic carbocycles. The lowest BCUT2D eigenvalue weighted by Crippen LogP contribution is -2.49. The van der Waals surface area contributed by atoms with Gasteiger partial charge < -0.3 is 117 Å². The van der Waals surface area contributed by atoms with Gasteiger partial charge in [-0.3, -0.25) is 29.0 Å². The highest BCUT2D eigenvalue weighted by molar-refractivity contribution is 7.15. The van der Waals surface area contributed by atoms with Gasteiger partial charge in [0.2, 0.25) is 0 Å². The van der Waals surface area contributed by atoms with E-state index in [1.807, 2.05) is 18.8 Å². The molecule has 0 aromatic heterocycles. The molecule has 14 N–H and O–H groups in total. The molecule has 4 rings (SSSR count). The predicted octanol–water partition coefficient (Wildman–Crippen LogP) is 9.85. The Bertz CT molecular complexity index is 2670. The van der Waals surface area contributed by atoms with Gasteiger partial charge in [0.05, 0.1) is 65.3 Å². The lowest BCUT2D eigenvalue weighted by Gasteiger charge is -2.33. The zero-order valence-electron chi connectivity index (χ0n) is 71.9. The Labute approximate surface area is 692 Å². The van der Waals surface area contributed by atoms with Gasteiger partial charge in [-0.1, -0.05) is 81.6 Å². The molecule has 36 nitrogen and oxygen atoms in total. The largest absolute Gasteiger partial charge is 0.519 e. The van der Waals surface area contributed by atoms with Crippen LogP contribution in [0.1, 0.15) is 193 Å². The number of hydrogen-bond donors (Lipinski definition) is 11. The maximum atomic E-state index is 11.8. The third-order valence-corrected chi connectivity index (χ3v) is 15.5. The maximum Gasteiger partial charge on any atom is 0.519 e. The summed E-state index contributed by atoms with van der Waals surface area (Å²) in [6.45, 7) is 12.7. The van der Waals surface area contributed by atoms with E-state index in [0.717, 1.165) is 173 Å². The molecule has 2 aromatic rings. The number of amides is 7. The van der Waals surface area contributed by atoms with E-state index in [-0.39, 0.29) is 47.8 Å². The van der Waals surface area contributed by atoms with Gasteiger partial charge in [0.25, 0.3) is 0 Å². The predicted molar refractivity (Wildman–Crippen MR) is 449 cm³/mol. The number of carbonyl (C=O) groups excluding carboxylic acids is 12. The zero-order chi connectivity index (χ0) is 88.3. The molecule has 7 amide bonds. The van der Waals surface area contributed by atoms with E-state index in [0.29, 0.717) is 112 Å². The number of para-hydroxylation sites is 2. The second kappa shape index (κ2) is 91.0. The van der Waals surface area contributed by atoms with Crippen molar-refractivity contribution in [1.29, 1.82) is 1.28 Å². The van der Waals surface area contributed by atoms with Crippen molar-refractivity contribution in [2.45, 2.75) is 193 Å². The lowest BCUT2D eigenvalue weighted by molar-refractivity contribution is -0.141. The Morgan fingerprint density at radius 3 is 0.940 bits per heavy atom. The first-order chi connectivity index (χ1) is 56.5. The number of alkyl carbamates (subject to hydrolysis) is 3. The van der Waals surface area contributed by atoms with Crippen LogP contribution in [0.4, 0.5) is 33.6 Å². The van der Waals surface area contributed by atoms with Crippen LogP contribution in [-0.2, 0) is 66.6 Å². The minimum atomic E-state index is -0.739. The number of carbonyl (C=O) groups is 12. The average Bonchev–Trinajstić information content (AvgIpc) is 0.871. The van der Waals surface area contributed by atoms with Gasteiger partial charge in [0, 0.05) is 111 Å². The average molecular weight is 1680 g/mol. The quantitative estimate of drug-likeness (QED) is 0.00965. The topological polar surface area (TPSA) is 496 Å². The number of fused-ring (bicyclic) bond motifs is 1. The normalized spacial score (nSPS) is 11.0. The molecule has 0 bridgehead atoms. The number of nitrogens with two attached hydrogens (primary N) is 3. The number of nitrogens with one attached hydrogen (secondary N) is 8. The van der Waals surface area contributed by atoms with Crippen LogP contribution in [0.5, 0.6) is 11.5 Å². The van der Waals surface area contributed by atoms with E-state index in [1.54, 1.807) is 48.5 Å². The van der Waals surface area contributed by atoms with Crippen LogP contribution in [0.25, 0.3) is 0 Å². The van der Waals surface area contributed by atoms with Gasteiger partial charge >= 0.3 is 66.5 Å². The molecule has 1 fully saturated rings. The third-order valence-electron chi connectivity index (χ3n) is 15.5. The number of aliphatic imine (C=N–C) groups is 1. The molecule has 37 heteroatoms. The van der Waals surface area contributed by atoms with Crippen molar-refractivity contribution >= 4 is 87.5 Å². The molecule has 1 atom stereocenters. The number of guanidine groups is 1. The Hall–Kier alpha value is -9.54. The fourth-order valence-electron chi connectivity index (χ4n) is 9.13. The fourth-order valence-corrected chi connectivity index (χ4v) is 9.13. The molecule has 1 saturated heterocycles. The molecular formula is C79H144N13O23P. The van der Waals surface area contributed by atoms with Gasteiger partial charge in [0.1, 0.15) is 17.3 Å². The molecule has 668 valence electrons. The second-order valence-corrected chi connectivity index (χ2v) is 24.7. The summed E-state index contributed by atoms with van der Waals surface area (Å²) in [7, 11) is 12.4. The number of hydrogen-bond acceptors (Lipinski definition) is 29. The monoisotopic (exact) mass is 1680 g/mol. The van der Waals surface area contributed by atoms with Crippen molar-refractivity contribution in [1.82, 2.24) is 47.4 Å². The number of methoxy groups -OCH3 is 9. The molecule has 0 saturated carbocycles. The number of rotatable bonds is 45. The number of unbranched alkanes of at least 4 members (excludes halogenated alkanes) is 14. The Morgan fingerprint density at radius 2 is 0.664 bits per heavy atom. The van der Waals surface area contributed by atoms with E-state index in [1.165, 1.54) is 89.9 Å². The molecule has 0 aliphatic carbocycles. The first-order valence-electron chi connectivity index (χ1n) is 40.2. The van der Waals surface area contributed by atoms with Crippen molar-refractivity contribution in [3.05, 3.63) is 60.7 Å². The molecule has 2 aliphatic rings. The Balaban J connectivity index is -0.000000427. The van der Waals surface area contributed by atoms with Crippen LogP contribution in [0.2, 0.25) is 0 Å². The molecule has 116 heavy (non-hydrogen) atoms. The van der Waals surface area contributed by atoms with Crippen molar-refractivity contribution in [3.63, 3.8) is 0 Å². The van der Waals surface area contributed by atoms with Gasteiger partial charge in [-0.15, -0.1) is 9.18 Å². The highest BCUT2D eigenvalue weighted by Crippen LogP contribution is 2.14. The van der Waals surface area contributed by atoms with E-state index in [4.69, 9.17) is 28.0 Å². The highest BCUT2D eigenvalue weighted by atomic mass is 31.0. The van der Waals surface area contributed by atoms with Crippen molar-refractivity contribution in [2.24, 2.45) is 22.2 Å². The molecule has 1 unspecified atom stereocenters. The number of Topliss-reactive ketones (excluding diaryl/α,β-unsaturated/α-hetero) is 1. The van der Waals surface area contributed by atoms with Crippen LogP contribution in [-0.4, -0.2) is 247 Å². The summed E-state index contributed by atoms with van der Waals surface area (Å²) in [4.78, 5) is 138.